The minimum absolute atomic E-state index is 0.0879. The molecular formula is C17H18FN3O3S. The number of halogens is 1. The molecule has 3 rings (SSSR count). The number of hydrogen-bond acceptors (Lipinski definition) is 4. The number of carbonyl (C=O) groups excluding carboxylic acids is 1. The number of pyridine rings is 1. The van der Waals surface area contributed by atoms with Gasteiger partial charge in [0, 0.05) is 19.3 Å². The van der Waals surface area contributed by atoms with Crippen LogP contribution in [0.4, 0.5) is 10.1 Å². The highest BCUT2D eigenvalue weighted by atomic mass is 32.2. The smallest absolute Gasteiger partial charge is 0.235 e. The van der Waals surface area contributed by atoms with Crippen molar-refractivity contribution in [1.29, 1.82) is 0 Å². The van der Waals surface area contributed by atoms with Crippen molar-refractivity contribution in [2.45, 2.75) is 12.3 Å². The van der Waals surface area contributed by atoms with Gasteiger partial charge in [-0.05, 0) is 35.7 Å². The minimum atomic E-state index is -3.46. The van der Waals surface area contributed by atoms with Gasteiger partial charge in [0.1, 0.15) is 5.82 Å². The first kappa shape index (κ1) is 17.5. The number of nitrogens with zero attached hydrogens (tertiary/aromatic N) is 2. The molecule has 0 aliphatic carbocycles. The molecule has 0 saturated carbocycles. The molecule has 0 saturated heterocycles. The maximum Gasteiger partial charge on any atom is 0.235 e. The lowest BCUT2D eigenvalue weighted by molar-refractivity contribution is -0.119. The average Bonchev–Trinajstić information content (AvgIpc) is 2.99. The van der Waals surface area contributed by atoms with Crippen LogP contribution in [0, 0.1) is 5.82 Å². The van der Waals surface area contributed by atoms with E-state index >= 15 is 0 Å². The molecule has 0 bridgehead atoms. The second-order valence-corrected chi connectivity index (χ2v) is 7.80. The van der Waals surface area contributed by atoms with Gasteiger partial charge < -0.3 is 4.90 Å². The van der Waals surface area contributed by atoms with E-state index in [0.717, 1.165) is 23.9 Å². The van der Waals surface area contributed by atoms with Crippen molar-refractivity contribution >= 4 is 21.6 Å². The number of hydrogen-bond donors (Lipinski definition) is 1. The molecule has 0 spiro atoms. The molecule has 1 aliphatic heterocycles. The number of carbonyl (C=O) groups is 1. The molecule has 8 heteroatoms. The fourth-order valence-electron chi connectivity index (χ4n) is 2.92. The van der Waals surface area contributed by atoms with Crippen LogP contribution in [0.15, 0.2) is 42.7 Å². The predicted octanol–water partition coefficient (Wildman–Crippen LogP) is 1.44. The van der Waals surface area contributed by atoms with Crippen LogP contribution in [0.2, 0.25) is 0 Å². The number of fused-ring (bicyclic) bond motifs is 1. The number of anilines is 1. The Balaban J connectivity index is 1.91. The number of sulfonamides is 1. The largest absolute Gasteiger partial charge is 0.310 e. The summed E-state index contributed by atoms with van der Waals surface area (Å²) in [6.45, 7) is 0.422. The predicted molar refractivity (Wildman–Crippen MR) is 92.3 cm³/mol. The van der Waals surface area contributed by atoms with Crippen LogP contribution >= 0.6 is 0 Å². The van der Waals surface area contributed by atoms with Gasteiger partial charge in [-0.1, -0.05) is 12.1 Å². The first-order valence-corrected chi connectivity index (χ1v) is 9.68. The molecule has 25 heavy (non-hydrogen) atoms. The summed E-state index contributed by atoms with van der Waals surface area (Å²) in [5.41, 5.74) is 2.32. The van der Waals surface area contributed by atoms with Crippen LogP contribution < -0.4 is 9.62 Å². The van der Waals surface area contributed by atoms with Gasteiger partial charge in [0.05, 0.1) is 24.1 Å². The Bertz CT molecular complexity index is 884. The SMILES string of the molecule is CS(=O)(=O)NC[C@@H](C(=O)N1CCc2ccncc21)c1ccc(F)cc1. The number of aromatic nitrogens is 1. The highest BCUT2D eigenvalue weighted by Gasteiger charge is 2.31. The molecule has 0 fully saturated rings. The summed E-state index contributed by atoms with van der Waals surface area (Å²) < 4.78 is 38.5. The topological polar surface area (TPSA) is 79.4 Å². The van der Waals surface area contributed by atoms with Crippen LogP contribution in [0.3, 0.4) is 0 Å². The van der Waals surface area contributed by atoms with Crippen molar-refractivity contribution in [3.05, 3.63) is 59.7 Å². The van der Waals surface area contributed by atoms with Crippen LogP contribution in [0.1, 0.15) is 17.0 Å². The maximum absolute atomic E-state index is 13.2. The quantitative estimate of drug-likeness (QED) is 0.872. The highest BCUT2D eigenvalue weighted by Crippen LogP contribution is 2.30. The Kier molecular flexibility index (Phi) is 4.82. The molecule has 2 aromatic rings. The van der Waals surface area contributed by atoms with Crippen LogP contribution in [0.25, 0.3) is 0 Å². The van der Waals surface area contributed by atoms with E-state index < -0.39 is 21.8 Å². The van der Waals surface area contributed by atoms with Crippen molar-refractivity contribution < 1.29 is 17.6 Å². The van der Waals surface area contributed by atoms with Crippen LogP contribution in [0.5, 0.6) is 0 Å². The van der Waals surface area contributed by atoms with E-state index in [1.54, 1.807) is 17.3 Å². The Hall–Kier alpha value is -2.32. The highest BCUT2D eigenvalue weighted by molar-refractivity contribution is 7.88. The first-order valence-electron chi connectivity index (χ1n) is 7.79. The van der Waals surface area contributed by atoms with Gasteiger partial charge in [-0.25, -0.2) is 17.5 Å². The molecule has 0 radical (unpaired) electrons. The van der Waals surface area contributed by atoms with Gasteiger partial charge in [0.25, 0.3) is 0 Å². The van der Waals surface area contributed by atoms with Crippen molar-refractivity contribution in [1.82, 2.24) is 9.71 Å². The molecule has 6 nitrogen and oxygen atoms in total. The summed E-state index contributed by atoms with van der Waals surface area (Å²) in [4.78, 5) is 18.8. The minimum Gasteiger partial charge on any atom is -0.310 e. The second kappa shape index (κ2) is 6.89. The second-order valence-electron chi connectivity index (χ2n) is 5.97. The van der Waals surface area contributed by atoms with Gasteiger partial charge in [-0.2, -0.15) is 0 Å². The zero-order valence-electron chi connectivity index (χ0n) is 13.6. The van der Waals surface area contributed by atoms with E-state index in [4.69, 9.17) is 0 Å². The van der Waals surface area contributed by atoms with E-state index in [9.17, 15) is 17.6 Å². The zero-order valence-corrected chi connectivity index (χ0v) is 14.5. The fourth-order valence-corrected chi connectivity index (χ4v) is 3.39. The third kappa shape index (κ3) is 4.02. The molecule has 1 aromatic heterocycles. The number of amides is 1. The molecule has 1 amide bonds. The lowest BCUT2D eigenvalue weighted by Gasteiger charge is -2.24. The number of nitrogens with one attached hydrogen (secondary N) is 1. The standard InChI is InChI=1S/C17H18FN3O3S/c1-25(23,24)20-10-15(12-2-4-14(18)5-3-12)17(22)21-9-7-13-6-8-19-11-16(13)21/h2-6,8,11,15,20H,7,9-10H2,1H3/t15-/m1/s1. The van der Waals surface area contributed by atoms with Gasteiger partial charge in [-0.3, -0.25) is 9.78 Å². The van der Waals surface area contributed by atoms with E-state index in [1.165, 1.54) is 24.3 Å². The number of benzene rings is 1. The van der Waals surface area contributed by atoms with Crippen molar-refractivity contribution in [3.63, 3.8) is 0 Å². The van der Waals surface area contributed by atoms with Crippen molar-refractivity contribution in [3.8, 4) is 0 Å². The third-order valence-electron chi connectivity index (χ3n) is 4.17. The van der Waals surface area contributed by atoms with Gasteiger partial charge in [0.2, 0.25) is 15.9 Å². The van der Waals surface area contributed by atoms with E-state index in [0.29, 0.717) is 12.1 Å². The summed E-state index contributed by atoms with van der Waals surface area (Å²) in [5, 5.41) is 0. The molecule has 1 N–H and O–H groups in total. The average molecular weight is 363 g/mol. The normalized spacial score (nSPS) is 15.0. The maximum atomic E-state index is 13.2. The molecule has 1 aliphatic rings. The van der Waals surface area contributed by atoms with E-state index in [2.05, 4.69) is 9.71 Å². The summed E-state index contributed by atoms with van der Waals surface area (Å²) in [6, 6.07) is 7.39. The Morgan fingerprint density at radius 1 is 1.32 bits per heavy atom. The Morgan fingerprint density at radius 3 is 2.72 bits per heavy atom. The molecule has 0 unspecified atom stereocenters. The van der Waals surface area contributed by atoms with Crippen LogP contribution in [-0.4, -0.2) is 38.7 Å². The monoisotopic (exact) mass is 363 g/mol. The van der Waals surface area contributed by atoms with E-state index in [-0.39, 0.29) is 12.5 Å². The molecule has 1 atom stereocenters. The third-order valence-corrected chi connectivity index (χ3v) is 4.86. The van der Waals surface area contributed by atoms with Crippen molar-refractivity contribution in [2.24, 2.45) is 0 Å². The van der Waals surface area contributed by atoms with Gasteiger partial charge >= 0.3 is 0 Å². The fraction of sp³-hybridized carbons (Fsp3) is 0.294. The summed E-state index contributed by atoms with van der Waals surface area (Å²) in [6.07, 6.45) is 5.06. The van der Waals surface area contributed by atoms with E-state index in [1.807, 2.05) is 6.07 Å². The lowest BCUT2D eigenvalue weighted by Crippen LogP contribution is -2.39. The van der Waals surface area contributed by atoms with Crippen LogP contribution in [-0.2, 0) is 21.2 Å². The summed E-state index contributed by atoms with van der Waals surface area (Å²) in [7, 11) is -3.46. The lowest BCUT2D eigenvalue weighted by atomic mass is 9.97. The summed E-state index contributed by atoms with van der Waals surface area (Å²) >= 11 is 0. The number of rotatable bonds is 5. The molecule has 1 aromatic carbocycles. The molecular weight excluding hydrogens is 345 g/mol. The van der Waals surface area contributed by atoms with Crippen molar-refractivity contribution in [2.75, 3.05) is 24.2 Å². The zero-order chi connectivity index (χ0) is 18.0. The molecule has 2 heterocycles. The Morgan fingerprint density at radius 2 is 2.04 bits per heavy atom. The van der Waals surface area contributed by atoms with Gasteiger partial charge in [-0.15, -0.1) is 0 Å². The Labute approximate surface area is 145 Å². The van der Waals surface area contributed by atoms with Gasteiger partial charge in [0.15, 0.2) is 0 Å². The summed E-state index contributed by atoms with van der Waals surface area (Å²) in [5.74, 6) is -1.40. The molecule has 132 valence electrons. The first-order chi connectivity index (χ1) is 11.8.